The van der Waals surface area contributed by atoms with Crippen molar-refractivity contribution < 1.29 is 19.1 Å². The Morgan fingerprint density at radius 2 is 2.04 bits per heavy atom. The summed E-state index contributed by atoms with van der Waals surface area (Å²) in [5.74, 6) is -1.47. The van der Waals surface area contributed by atoms with Gasteiger partial charge in [0.05, 0.1) is 11.1 Å². The quantitative estimate of drug-likeness (QED) is 0.631. The average molecular weight is 375 g/mol. The molecule has 7 heteroatoms. The predicted octanol–water partition coefficient (Wildman–Crippen LogP) is 3.24. The molecule has 1 heterocycles. The van der Waals surface area contributed by atoms with E-state index in [0.717, 1.165) is 32.1 Å². The minimum absolute atomic E-state index is 0.0524. The first-order valence-corrected chi connectivity index (χ1v) is 8.97. The van der Waals surface area contributed by atoms with Crippen LogP contribution < -0.4 is 14.8 Å². The van der Waals surface area contributed by atoms with E-state index in [0.29, 0.717) is 22.1 Å². The van der Waals surface area contributed by atoms with Gasteiger partial charge in [-0.25, -0.2) is 0 Å². The van der Waals surface area contributed by atoms with Crippen LogP contribution in [0.15, 0.2) is 18.2 Å². The van der Waals surface area contributed by atoms with Crippen LogP contribution in [0, 0.1) is 17.2 Å². The number of benzene rings is 1. The van der Waals surface area contributed by atoms with Crippen LogP contribution in [0.5, 0.6) is 11.5 Å². The van der Waals surface area contributed by atoms with Crippen molar-refractivity contribution in [2.75, 3.05) is 6.79 Å². The molecule has 1 saturated carbocycles. The first-order chi connectivity index (χ1) is 12.6. The van der Waals surface area contributed by atoms with Gasteiger partial charge in [-0.2, -0.15) is 5.26 Å². The van der Waals surface area contributed by atoms with Crippen LogP contribution in [0.1, 0.15) is 37.7 Å². The number of nitrogens with zero attached hydrogens (tertiary/aromatic N) is 1. The van der Waals surface area contributed by atoms with E-state index in [1.807, 2.05) is 0 Å². The third-order valence-corrected chi connectivity index (χ3v) is 4.80. The van der Waals surface area contributed by atoms with E-state index in [4.69, 9.17) is 21.1 Å². The molecule has 136 valence electrons. The molecular weight excluding hydrogens is 356 g/mol. The number of nitrogens with one attached hydrogen (secondary N) is 1. The molecule has 1 aromatic rings. The monoisotopic (exact) mass is 374 g/mol. The van der Waals surface area contributed by atoms with Crippen LogP contribution in [-0.4, -0.2) is 24.5 Å². The summed E-state index contributed by atoms with van der Waals surface area (Å²) in [7, 11) is 0. The Hall–Kier alpha value is -2.52. The molecule has 1 aliphatic heterocycles. The molecule has 0 aromatic heterocycles. The number of ketones is 1. The first-order valence-electron chi connectivity index (χ1n) is 8.59. The molecule has 1 aromatic carbocycles. The lowest BCUT2D eigenvalue weighted by atomic mass is 9.94. The number of halogens is 1. The summed E-state index contributed by atoms with van der Waals surface area (Å²) in [4.78, 5) is 24.5. The Morgan fingerprint density at radius 3 is 2.77 bits per heavy atom. The minimum atomic E-state index is -1.35. The number of hydrogen-bond acceptors (Lipinski definition) is 5. The molecule has 1 unspecified atom stereocenters. The van der Waals surface area contributed by atoms with Crippen LogP contribution in [0.3, 0.4) is 0 Å². The normalized spacial score (nSPS) is 17.7. The third kappa shape index (κ3) is 4.17. The topological polar surface area (TPSA) is 88.4 Å². The van der Waals surface area contributed by atoms with E-state index >= 15 is 0 Å². The lowest BCUT2D eigenvalue weighted by molar-refractivity contribution is -0.130. The zero-order valence-corrected chi connectivity index (χ0v) is 14.9. The fourth-order valence-electron chi connectivity index (χ4n) is 3.14. The van der Waals surface area contributed by atoms with Gasteiger partial charge in [-0.1, -0.05) is 36.9 Å². The molecular formula is C19H19ClN2O4. The van der Waals surface area contributed by atoms with Gasteiger partial charge in [-0.15, -0.1) is 0 Å². The SMILES string of the molecule is N#CC(C(=O)/C=C/c1cc(Cl)c2c(c1)OCO2)C(=O)NC1CCCCC1. The highest BCUT2D eigenvalue weighted by Crippen LogP contribution is 2.40. The van der Waals surface area contributed by atoms with Crippen LogP contribution in [0.25, 0.3) is 6.08 Å². The Morgan fingerprint density at radius 1 is 1.27 bits per heavy atom. The van der Waals surface area contributed by atoms with Crippen LogP contribution in [0.2, 0.25) is 5.02 Å². The fraction of sp³-hybridized carbons (Fsp3) is 0.421. The Labute approximate surface area is 156 Å². The summed E-state index contributed by atoms with van der Waals surface area (Å²) in [6.07, 6.45) is 7.79. The molecule has 1 amide bonds. The summed E-state index contributed by atoms with van der Waals surface area (Å²) in [5, 5.41) is 12.4. The maximum absolute atomic E-state index is 12.3. The molecule has 6 nitrogen and oxygen atoms in total. The van der Waals surface area contributed by atoms with Crippen molar-refractivity contribution in [2.24, 2.45) is 5.92 Å². The van der Waals surface area contributed by atoms with Crippen LogP contribution in [0.4, 0.5) is 0 Å². The van der Waals surface area contributed by atoms with E-state index in [1.165, 1.54) is 12.2 Å². The van der Waals surface area contributed by atoms with E-state index < -0.39 is 17.6 Å². The van der Waals surface area contributed by atoms with Gasteiger partial charge in [0, 0.05) is 6.04 Å². The largest absolute Gasteiger partial charge is 0.454 e. The number of amides is 1. The number of fused-ring (bicyclic) bond motifs is 1. The van der Waals surface area contributed by atoms with E-state index in [1.54, 1.807) is 18.2 Å². The highest BCUT2D eigenvalue weighted by atomic mass is 35.5. The molecule has 1 fully saturated rings. The van der Waals surface area contributed by atoms with Crippen molar-refractivity contribution in [3.05, 3.63) is 28.8 Å². The van der Waals surface area contributed by atoms with Crippen LogP contribution >= 0.6 is 11.6 Å². The second kappa shape index (κ2) is 8.24. The molecule has 0 bridgehead atoms. The number of allylic oxidation sites excluding steroid dienone is 1. The molecule has 0 radical (unpaired) electrons. The van der Waals surface area contributed by atoms with Gasteiger partial charge in [0.2, 0.25) is 12.7 Å². The Balaban J connectivity index is 1.65. The molecule has 1 atom stereocenters. The maximum Gasteiger partial charge on any atom is 0.245 e. The lowest BCUT2D eigenvalue weighted by Gasteiger charge is -2.23. The zero-order valence-electron chi connectivity index (χ0n) is 14.2. The molecule has 3 rings (SSSR count). The van der Waals surface area contributed by atoms with Crippen molar-refractivity contribution in [3.63, 3.8) is 0 Å². The van der Waals surface area contributed by atoms with Gasteiger partial charge < -0.3 is 14.8 Å². The molecule has 2 aliphatic rings. The van der Waals surface area contributed by atoms with Crippen molar-refractivity contribution in [2.45, 2.75) is 38.1 Å². The summed E-state index contributed by atoms with van der Waals surface area (Å²) < 4.78 is 10.5. The van der Waals surface area contributed by atoms with Crippen molar-refractivity contribution >= 4 is 29.4 Å². The van der Waals surface area contributed by atoms with Crippen molar-refractivity contribution in [1.82, 2.24) is 5.32 Å². The molecule has 0 saturated heterocycles. The summed E-state index contributed by atoms with van der Waals surface area (Å²) in [6, 6.07) is 5.16. The van der Waals surface area contributed by atoms with Crippen molar-refractivity contribution in [1.29, 1.82) is 5.26 Å². The molecule has 0 spiro atoms. The van der Waals surface area contributed by atoms with Crippen LogP contribution in [-0.2, 0) is 9.59 Å². The minimum Gasteiger partial charge on any atom is -0.454 e. The van der Waals surface area contributed by atoms with E-state index in [-0.39, 0.29) is 12.8 Å². The summed E-state index contributed by atoms with van der Waals surface area (Å²) >= 11 is 6.10. The van der Waals surface area contributed by atoms with E-state index in [2.05, 4.69) is 5.32 Å². The number of nitriles is 1. The molecule has 26 heavy (non-hydrogen) atoms. The molecule has 1 aliphatic carbocycles. The second-order valence-corrected chi connectivity index (χ2v) is 6.79. The van der Waals surface area contributed by atoms with Gasteiger partial charge in [0.1, 0.15) is 0 Å². The maximum atomic E-state index is 12.3. The Kier molecular flexibility index (Phi) is 5.79. The Bertz CT molecular complexity index is 778. The summed E-state index contributed by atoms with van der Waals surface area (Å²) in [5.41, 5.74) is 0.622. The number of rotatable bonds is 5. The van der Waals surface area contributed by atoms with Gasteiger partial charge in [0.15, 0.2) is 23.2 Å². The van der Waals surface area contributed by atoms with E-state index in [9.17, 15) is 14.9 Å². The van der Waals surface area contributed by atoms with Crippen molar-refractivity contribution in [3.8, 4) is 17.6 Å². The number of hydrogen-bond donors (Lipinski definition) is 1. The van der Waals surface area contributed by atoms with Gasteiger partial charge in [0.25, 0.3) is 0 Å². The first kappa shape index (κ1) is 18.3. The fourth-order valence-corrected chi connectivity index (χ4v) is 3.41. The summed E-state index contributed by atoms with van der Waals surface area (Å²) in [6.45, 7) is 0.0962. The number of carbonyl (C=O) groups excluding carboxylic acids is 2. The smallest absolute Gasteiger partial charge is 0.245 e. The highest BCUT2D eigenvalue weighted by molar-refractivity contribution is 6.32. The average Bonchev–Trinajstić information content (AvgIpc) is 3.10. The predicted molar refractivity (Wildman–Crippen MR) is 95.7 cm³/mol. The van der Waals surface area contributed by atoms with Gasteiger partial charge in [-0.05, 0) is 36.6 Å². The number of carbonyl (C=O) groups is 2. The molecule has 1 N–H and O–H groups in total. The number of ether oxygens (including phenoxy) is 2. The lowest BCUT2D eigenvalue weighted by Crippen LogP contribution is -2.41. The standard InChI is InChI=1S/C19H19ClN2O4/c20-15-8-12(9-17-18(15)26-11-25-17)6-7-16(23)14(10-21)19(24)22-13-4-2-1-3-5-13/h6-9,13-14H,1-5,11H2,(H,22,24)/b7-6+. The second-order valence-electron chi connectivity index (χ2n) is 6.38. The zero-order chi connectivity index (χ0) is 18.5. The van der Waals surface area contributed by atoms with Gasteiger partial charge >= 0.3 is 0 Å². The third-order valence-electron chi connectivity index (χ3n) is 4.52. The van der Waals surface area contributed by atoms with Gasteiger partial charge in [-0.3, -0.25) is 9.59 Å². The highest BCUT2D eigenvalue weighted by Gasteiger charge is 2.27.